The van der Waals surface area contributed by atoms with Crippen molar-refractivity contribution in [2.45, 2.75) is 25.7 Å². The van der Waals surface area contributed by atoms with E-state index < -0.39 is 11.9 Å². The molecule has 184 valence electrons. The monoisotopic (exact) mass is 497 g/mol. The first-order valence-electron chi connectivity index (χ1n) is 10.9. The van der Waals surface area contributed by atoms with Crippen molar-refractivity contribution in [1.29, 1.82) is 0 Å². The van der Waals surface area contributed by atoms with Gasteiger partial charge in [0.25, 0.3) is 0 Å². The Bertz CT molecular complexity index is 1170. The van der Waals surface area contributed by atoms with Crippen molar-refractivity contribution < 1.29 is 29.1 Å². The first-order valence-corrected chi connectivity index (χ1v) is 11.7. The molecule has 3 rings (SSSR count). The number of nitrogens with zero attached hydrogens (tertiary/aromatic N) is 1. The molecule has 0 heterocycles. The van der Waals surface area contributed by atoms with Crippen molar-refractivity contribution in [3.8, 4) is 0 Å². The van der Waals surface area contributed by atoms with Crippen molar-refractivity contribution in [2.75, 3.05) is 23.7 Å². The van der Waals surface area contributed by atoms with E-state index in [0.29, 0.717) is 24.5 Å². The summed E-state index contributed by atoms with van der Waals surface area (Å²) >= 11 is 1.04. The number of hydroxylamine groups is 2. The molecule has 0 fully saturated rings. The van der Waals surface area contributed by atoms with E-state index in [-0.39, 0.29) is 22.5 Å². The fraction of sp³-hybridized carbons (Fsp3) is 0.200. The lowest BCUT2D eigenvalue weighted by atomic mass is 10.0. The van der Waals surface area contributed by atoms with E-state index in [4.69, 9.17) is 9.32 Å². The average Bonchev–Trinajstić information content (AvgIpc) is 2.84. The number of carbonyl (C=O) groups is 2. The number of aryl methyl sites for hydroxylation is 1. The van der Waals surface area contributed by atoms with Gasteiger partial charge in [-0.15, -0.1) is 9.32 Å². The number of hydrogen-bond acceptors (Lipinski definition) is 8. The lowest BCUT2D eigenvalue weighted by Crippen LogP contribution is -2.22. The van der Waals surface area contributed by atoms with Crippen LogP contribution in [0.2, 0.25) is 0 Å². The zero-order valence-electron chi connectivity index (χ0n) is 19.6. The third-order valence-corrected chi connectivity index (χ3v) is 5.65. The van der Waals surface area contributed by atoms with E-state index >= 15 is 0 Å². The lowest BCUT2D eigenvalue weighted by molar-refractivity contribution is -0.357. The molecule has 0 bridgehead atoms. The third kappa shape index (κ3) is 7.20. The van der Waals surface area contributed by atoms with Gasteiger partial charge in [0, 0.05) is 29.4 Å². The minimum absolute atomic E-state index is 0.0628. The highest BCUT2D eigenvalue weighted by molar-refractivity contribution is 7.94. The molecule has 0 amide bonds. The van der Waals surface area contributed by atoms with Gasteiger partial charge in [-0.1, -0.05) is 17.7 Å². The minimum atomic E-state index is -1.19. The van der Waals surface area contributed by atoms with Crippen LogP contribution in [0, 0.1) is 6.92 Å². The predicted octanol–water partition coefficient (Wildman–Crippen LogP) is 6.09. The maximum atomic E-state index is 12.0. The summed E-state index contributed by atoms with van der Waals surface area (Å²) < 4.78 is 5.16. The van der Waals surface area contributed by atoms with Crippen LogP contribution in [0.5, 0.6) is 0 Å². The molecule has 0 spiro atoms. The Morgan fingerprint density at radius 2 is 1.29 bits per heavy atom. The van der Waals surface area contributed by atoms with E-state index in [0.717, 1.165) is 22.5 Å². The highest BCUT2D eigenvalue weighted by atomic mass is 32.2. The zero-order valence-corrected chi connectivity index (χ0v) is 20.4. The van der Waals surface area contributed by atoms with Gasteiger partial charge >= 0.3 is 11.9 Å². The summed E-state index contributed by atoms with van der Waals surface area (Å²) in [5, 5.41) is 27.2. The van der Waals surface area contributed by atoms with E-state index in [1.165, 1.54) is 12.1 Å². The molecular formula is C25H27N3O6S. The Labute approximate surface area is 207 Å². The van der Waals surface area contributed by atoms with Crippen molar-refractivity contribution >= 4 is 46.7 Å². The molecular weight excluding hydrogens is 470 g/mol. The quantitative estimate of drug-likeness (QED) is 0.133. The standard InChI is InChI=1S/C25H27N3O6S/c1-4-28(5-2)33-34-35-19-12-10-18(11-13-19)27-23-15-20(24(29)30)22(14-21(23)25(31)32)26-17-8-6-16(3)7-9-17/h6-15,26-27H,4-5H2,1-3H3,(H,29,30)(H,31,32). The molecule has 3 aromatic carbocycles. The summed E-state index contributed by atoms with van der Waals surface area (Å²) in [5.41, 5.74) is 2.48. The van der Waals surface area contributed by atoms with Crippen molar-refractivity contribution in [2.24, 2.45) is 0 Å². The molecule has 0 aliphatic carbocycles. The second-order valence-corrected chi connectivity index (χ2v) is 8.31. The van der Waals surface area contributed by atoms with Gasteiger partial charge in [-0.3, -0.25) is 0 Å². The Balaban J connectivity index is 1.80. The van der Waals surface area contributed by atoms with Crippen LogP contribution < -0.4 is 10.6 Å². The number of rotatable bonds is 12. The van der Waals surface area contributed by atoms with Crippen LogP contribution in [-0.2, 0) is 9.32 Å². The van der Waals surface area contributed by atoms with Gasteiger partial charge < -0.3 is 20.8 Å². The maximum absolute atomic E-state index is 12.0. The maximum Gasteiger partial charge on any atom is 0.337 e. The van der Waals surface area contributed by atoms with Gasteiger partial charge in [-0.2, -0.15) is 5.06 Å². The van der Waals surface area contributed by atoms with Gasteiger partial charge in [-0.25, -0.2) is 9.59 Å². The number of hydrogen-bond donors (Lipinski definition) is 4. The Morgan fingerprint density at radius 1 is 0.829 bits per heavy atom. The zero-order chi connectivity index (χ0) is 25.4. The number of benzene rings is 3. The molecule has 0 aliphatic rings. The number of anilines is 4. The van der Waals surface area contributed by atoms with Gasteiger partial charge in [0.1, 0.15) is 0 Å². The molecule has 3 aromatic rings. The van der Waals surface area contributed by atoms with E-state index in [9.17, 15) is 19.8 Å². The highest BCUT2D eigenvalue weighted by Gasteiger charge is 2.19. The molecule has 0 atom stereocenters. The molecule has 0 saturated carbocycles. The third-order valence-electron chi connectivity index (χ3n) is 5.05. The second kappa shape index (κ2) is 12.2. The summed E-state index contributed by atoms with van der Waals surface area (Å²) in [4.78, 5) is 29.8. The number of carboxylic acid groups (broad SMARTS) is 2. The molecule has 0 aromatic heterocycles. The highest BCUT2D eigenvalue weighted by Crippen LogP contribution is 2.31. The van der Waals surface area contributed by atoms with Crippen molar-refractivity contribution in [3.63, 3.8) is 0 Å². The Morgan fingerprint density at radius 3 is 1.71 bits per heavy atom. The molecule has 35 heavy (non-hydrogen) atoms. The van der Waals surface area contributed by atoms with Crippen LogP contribution in [0.25, 0.3) is 0 Å². The summed E-state index contributed by atoms with van der Waals surface area (Å²) in [5.74, 6) is -2.37. The number of nitrogens with one attached hydrogen (secondary N) is 2. The predicted molar refractivity (Wildman–Crippen MR) is 135 cm³/mol. The van der Waals surface area contributed by atoms with Crippen LogP contribution in [0.4, 0.5) is 22.7 Å². The molecule has 0 aliphatic heterocycles. The minimum Gasteiger partial charge on any atom is -0.478 e. The van der Waals surface area contributed by atoms with E-state index in [1.807, 2.05) is 32.9 Å². The summed E-state index contributed by atoms with van der Waals surface area (Å²) in [7, 11) is 0. The fourth-order valence-corrected chi connectivity index (χ4v) is 3.57. The number of aromatic carboxylic acids is 2. The fourth-order valence-electron chi connectivity index (χ4n) is 3.13. The largest absolute Gasteiger partial charge is 0.478 e. The molecule has 4 N–H and O–H groups in total. The Hall–Kier alpha value is -3.57. The summed E-state index contributed by atoms with van der Waals surface area (Å²) in [6, 6.07) is 17.0. The topological polar surface area (TPSA) is 120 Å². The lowest BCUT2D eigenvalue weighted by Gasteiger charge is -2.16. The SMILES string of the molecule is CCN(CC)OOSc1ccc(Nc2cc(C(=O)O)c(Nc3ccc(C)cc3)cc2C(=O)O)cc1. The summed E-state index contributed by atoms with van der Waals surface area (Å²) in [6.45, 7) is 7.20. The van der Waals surface area contributed by atoms with Crippen molar-refractivity contribution in [3.05, 3.63) is 77.4 Å². The first kappa shape index (κ1) is 26.0. The smallest absolute Gasteiger partial charge is 0.337 e. The van der Waals surface area contributed by atoms with Crippen LogP contribution in [0.3, 0.4) is 0 Å². The first-order chi connectivity index (χ1) is 16.8. The van der Waals surface area contributed by atoms with Gasteiger partial charge in [0.05, 0.1) is 34.5 Å². The van der Waals surface area contributed by atoms with Crippen LogP contribution >= 0.6 is 12.0 Å². The molecule has 9 nitrogen and oxygen atoms in total. The average molecular weight is 498 g/mol. The van der Waals surface area contributed by atoms with E-state index in [1.54, 1.807) is 41.5 Å². The normalized spacial score (nSPS) is 10.9. The van der Waals surface area contributed by atoms with Gasteiger partial charge in [-0.05, 0) is 69.3 Å². The molecule has 0 unspecified atom stereocenters. The van der Waals surface area contributed by atoms with Crippen LogP contribution in [0.15, 0.2) is 65.6 Å². The molecule has 0 radical (unpaired) electrons. The molecule has 0 saturated heterocycles. The van der Waals surface area contributed by atoms with Crippen LogP contribution in [0.1, 0.15) is 40.1 Å². The van der Waals surface area contributed by atoms with Gasteiger partial charge in [0.15, 0.2) is 0 Å². The van der Waals surface area contributed by atoms with Gasteiger partial charge in [0.2, 0.25) is 0 Å². The Kier molecular flexibility index (Phi) is 9.10. The molecule has 10 heteroatoms. The number of carboxylic acids is 2. The van der Waals surface area contributed by atoms with Crippen LogP contribution in [-0.4, -0.2) is 40.3 Å². The van der Waals surface area contributed by atoms with E-state index in [2.05, 4.69) is 10.6 Å². The second-order valence-electron chi connectivity index (χ2n) is 7.53. The summed E-state index contributed by atoms with van der Waals surface area (Å²) in [6.07, 6.45) is 0. The van der Waals surface area contributed by atoms with Crippen molar-refractivity contribution in [1.82, 2.24) is 5.06 Å².